The molecule has 3 nitrogen and oxygen atoms in total. The van der Waals surface area contributed by atoms with Crippen LogP contribution in [0.5, 0.6) is 0 Å². The quantitative estimate of drug-likeness (QED) is 0.918. The number of amides is 1. The van der Waals surface area contributed by atoms with E-state index in [1.807, 2.05) is 24.3 Å². The maximum atomic E-state index is 14.7. The molecule has 1 N–H and O–H groups in total. The zero-order valence-corrected chi connectivity index (χ0v) is 14.2. The maximum absolute atomic E-state index is 14.7. The lowest BCUT2D eigenvalue weighted by Crippen LogP contribution is -2.55. The van der Waals surface area contributed by atoms with Crippen LogP contribution in [0.1, 0.15) is 31.2 Å². The first kappa shape index (κ1) is 16.3. The zero-order chi connectivity index (χ0) is 17.3. The fourth-order valence-electron chi connectivity index (χ4n) is 3.94. The van der Waals surface area contributed by atoms with Crippen LogP contribution >= 0.6 is 0 Å². The first-order valence-electron chi connectivity index (χ1n) is 9.07. The Morgan fingerprint density at radius 3 is 2.28 bits per heavy atom. The molecule has 1 saturated heterocycles. The molecule has 0 aromatic heterocycles. The van der Waals surface area contributed by atoms with Crippen molar-refractivity contribution in [3.05, 3.63) is 66.0 Å². The van der Waals surface area contributed by atoms with Gasteiger partial charge in [-0.2, -0.15) is 0 Å². The molecule has 2 aromatic rings. The van der Waals surface area contributed by atoms with Gasteiger partial charge in [-0.1, -0.05) is 42.5 Å². The van der Waals surface area contributed by atoms with Gasteiger partial charge < -0.3 is 5.32 Å². The lowest BCUT2D eigenvalue weighted by Gasteiger charge is -2.47. The minimum atomic E-state index is -0.492. The van der Waals surface area contributed by atoms with Crippen molar-refractivity contribution in [1.82, 2.24) is 5.32 Å². The van der Waals surface area contributed by atoms with E-state index in [4.69, 9.17) is 0 Å². The molecule has 4 heteroatoms. The van der Waals surface area contributed by atoms with E-state index in [0.29, 0.717) is 5.69 Å². The van der Waals surface area contributed by atoms with Gasteiger partial charge in [0.1, 0.15) is 5.82 Å². The van der Waals surface area contributed by atoms with Crippen LogP contribution in [0.4, 0.5) is 10.1 Å². The fourth-order valence-corrected chi connectivity index (χ4v) is 3.94. The fraction of sp³-hybridized carbons (Fsp3) is 0.381. The Hall–Kier alpha value is -2.20. The molecule has 4 rings (SSSR count). The average Bonchev–Trinajstić information content (AvgIpc) is 3.50. The van der Waals surface area contributed by atoms with Crippen molar-refractivity contribution in [2.45, 2.75) is 31.2 Å². The summed E-state index contributed by atoms with van der Waals surface area (Å²) >= 11 is 0. The molecule has 25 heavy (non-hydrogen) atoms. The van der Waals surface area contributed by atoms with Crippen molar-refractivity contribution in [2.75, 3.05) is 18.0 Å². The Morgan fingerprint density at radius 1 is 1.00 bits per heavy atom. The summed E-state index contributed by atoms with van der Waals surface area (Å²) in [5.74, 6) is -0.226. The predicted octanol–water partition coefficient (Wildman–Crippen LogP) is 3.85. The van der Waals surface area contributed by atoms with Gasteiger partial charge in [-0.3, -0.25) is 9.69 Å². The molecule has 2 fully saturated rings. The third-order valence-electron chi connectivity index (χ3n) is 5.41. The van der Waals surface area contributed by atoms with Crippen LogP contribution < -0.4 is 10.2 Å². The molecule has 0 radical (unpaired) electrons. The number of carbonyl (C=O) groups excluding carboxylic acids is 1. The number of para-hydroxylation sites is 1. The first-order valence-corrected chi connectivity index (χ1v) is 9.07. The number of anilines is 1. The largest absolute Gasteiger partial charge is 0.317 e. The van der Waals surface area contributed by atoms with Crippen molar-refractivity contribution in [2.24, 2.45) is 5.92 Å². The maximum Gasteiger partial charge on any atom is 0.230 e. The molecule has 1 aliphatic heterocycles. The summed E-state index contributed by atoms with van der Waals surface area (Å²) in [4.78, 5) is 15.1. The van der Waals surface area contributed by atoms with E-state index in [9.17, 15) is 9.18 Å². The van der Waals surface area contributed by atoms with Gasteiger partial charge in [-0.05, 0) is 56.5 Å². The highest BCUT2D eigenvalue weighted by Gasteiger charge is 2.47. The summed E-state index contributed by atoms with van der Waals surface area (Å²) in [6.45, 7) is 1.63. The molecule has 130 valence electrons. The number of nitrogens with one attached hydrogen (secondary N) is 1. The van der Waals surface area contributed by atoms with Gasteiger partial charge >= 0.3 is 0 Å². The summed E-state index contributed by atoms with van der Waals surface area (Å²) in [6.07, 6.45) is 3.38. The van der Waals surface area contributed by atoms with E-state index >= 15 is 0 Å². The highest BCUT2D eigenvalue weighted by molar-refractivity contribution is 5.98. The summed E-state index contributed by atoms with van der Waals surface area (Å²) in [6, 6.07) is 16.8. The van der Waals surface area contributed by atoms with E-state index in [2.05, 4.69) is 17.4 Å². The third kappa shape index (κ3) is 2.95. The Kier molecular flexibility index (Phi) is 4.30. The number of benzene rings is 2. The number of nitrogens with zero attached hydrogens (tertiary/aromatic N) is 1. The molecule has 0 bridgehead atoms. The number of carbonyl (C=O) groups is 1. The SMILES string of the molecule is O=C(C1CC1)N(c1ccccc1F)C1(c2ccccc2)CCNCC1. The molecule has 0 unspecified atom stereocenters. The number of rotatable bonds is 4. The number of hydrogen-bond acceptors (Lipinski definition) is 2. The van der Waals surface area contributed by atoms with E-state index in [1.165, 1.54) is 6.07 Å². The molecule has 1 heterocycles. The van der Waals surface area contributed by atoms with Gasteiger partial charge in [0.15, 0.2) is 0 Å². The van der Waals surface area contributed by atoms with E-state index in [-0.39, 0.29) is 17.6 Å². The second-order valence-electron chi connectivity index (χ2n) is 7.05. The van der Waals surface area contributed by atoms with Crippen molar-refractivity contribution >= 4 is 11.6 Å². The molecule has 0 atom stereocenters. The first-order chi connectivity index (χ1) is 12.2. The van der Waals surface area contributed by atoms with Crippen molar-refractivity contribution in [1.29, 1.82) is 0 Å². The van der Waals surface area contributed by atoms with Gasteiger partial charge in [0, 0.05) is 5.92 Å². The molecule has 1 aliphatic carbocycles. The van der Waals surface area contributed by atoms with Gasteiger partial charge in [-0.25, -0.2) is 4.39 Å². The summed E-state index contributed by atoms with van der Waals surface area (Å²) in [5, 5.41) is 3.38. The average molecular weight is 338 g/mol. The standard InChI is InChI=1S/C21H23FN2O/c22-18-8-4-5-9-19(18)24(20(25)16-10-11-16)21(12-14-23-15-13-21)17-6-2-1-3-7-17/h1-9,16,23H,10-15H2. The normalized spacial score (nSPS) is 19.4. The summed E-state index contributed by atoms with van der Waals surface area (Å²) in [5.41, 5.74) is 1.01. The molecule has 2 aromatic carbocycles. The Balaban J connectivity index is 1.88. The lowest BCUT2D eigenvalue weighted by molar-refractivity contribution is -0.121. The number of hydrogen-bond donors (Lipinski definition) is 1. The molecule has 1 saturated carbocycles. The number of piperidine rings is 1. The smallest absolute Gasteiger partial charge is 0.230 e. The Morgan fingerprint density at radius 2 is 1.64 bits per heavy atom. The minimum absolute atomic E-state index is 0.0371. The minimum Gasteiger partial charge on any atom is -0.317 e. The second kappa shape index (κ2) is 6.60. The van der Waals surface area contributed by atoms with Gasteiger partial charge in [0.2, 0.25) is 5.91 Å². The monoisotopic (exact) mass is 338 g/mol. The highest BCUT2D eigenvalue weighted by atomic mass is 19.1. The van der Waals surface area contributed by atoms with Crippen molar-refractivity contribution < 1.29 is 9.18 Å². The topological polar surface area (TPSA) is 32.3 Å². The van der Waals surface area contributed by atoms with Gasteiger partial charge in [-0.15, -0.1) is 0 Å². The molecular formula is C21H23FN2O. The second-order valence-corrected chi connectivity index (χ2v) is 7.05. The van der Waals surface area contributed by atoms with Crippen LogP contribution in [-0.2, 0) is 10.3 Å². The molecule has 2 aliphatic rings. The highest BCUT2D eigenvalue weighted by Crippen LogP contribution is 2.44. The lowest BCUT2D eigenvalue weighted by atomic mass is 9.79. The van der Waals surface area contributed by atoms with E-state index in [1.54, 1.807) is 17.0 Å². The Bertz CT molecular complexity index is 752. The van der Waals surface area contributed by atoms with Crippen LogP contribution in [0.25, 0.3) is 0 Å². The van der Waals surface area contributed by atoms with Crippen molar-refractivity contribution in [3.8, 4) is 0 Å². The molecule has 1 amide bonds. The predicted molar refractivity (Wildman–Crippen MR) is 96.8 cm³/mol. The van der Waals surface area contributed by atoms with Crippen molar-refractivity contribution in [3.63, 3.8) is 0 Å². The number of halogens is 1. The van der Waals surface area contributed by atoms with Crippen LogP contribution in [0.15, 0.2) is 54.6 Å². The summed E-state index contributed by atoms with van der Waals surface area (Å²) < 4.78 is 14.7. The van der Waals surface area contributed by atoms with Gasteiger partial charge in [0.05, 0.1) is 11.2 Å². The molecule has 0 spiro atoms. The van der Waals surface area contributed by atoms with E-state index in [0.717, 1.165) is 44.3 Å². The van der Waals surface area contributed by atoms with Gasteiger partial charge in [0.25, 0.3) is 0 Å². The zero-order valence-electron chi connectivity index (χ0n) is 14.2. The van der Waals surface area contributed by atoms with Crippen LogP contribution in [0.2, 0.25) is 0 Å². The summed E-state index contributed by atoms with van der Waals surface area (Å²) in [7, 11) is 0. The van der Waals surface area contributed by atoms with E-state index < -0.39 is 5.54 Å². The third-order valence-corrected chi connectivity index (χ3v) is 5.41. The molecular weight excluding hydrogens is 315 g/mol. The Labute approximate surface area is 147 Å². The van der Waals surface area contributed by atoms with Crippen LogP contribution in [0, 0.1) is 11.7 Å². The van der Waals surface area contributed by atoms with Crippen LogP contribution in [0.3, 0.4) is 0 Å². The van der Waals surface area contributed by atoms with Crippen LogP contribution in [-0.4, -0.2) is 19.0 Å².